The molecule has 1 aliphatic heterocycles. The Labute approximate surface area is 117 Å². The van der Waals surface area contributed by atoms with E-state index in [1.165, 1.54) is 30.5 Å². The Kier molecular flexibility index (Phi) is 4.46. The summed E-state index contributed by atoms with van der Waals surface area (Å²) in [6.07, 6.45) is 7.67. The number of nitrogens with two attached hydrogens (primary N) is 1. The van der Waals surface area contributed by atoms with Gasteiger partial charge in [-0.25, -0.2) is 0 Å². The molecule has 0 spiro atoms. The van der Waals surface area contributed by atoms with Crippen molar-refractivity contribution in [2.45, 2.75) is 46.6 Å². The standard InChI is InChI=1S/C16H27N3/c1-16(2,3)14-5-4-9-19(10-7-14)15-12-18-8-6-13(15)11-17/h6,8,12,14H,4-5,7,9-11,17H2,1-3H3. The average molecular weight is 261 g/mol. The number of hydrogen-bond acceptors (Lipinski definition) is 3. The fourth-order valence-electron chi connectivity index (χ4n) is 3.08. The number of hydrogen-bond donors (Lipinski definition) is 1. The van der Waals surface area contributed by atoms with Gasteiger partial charge in [-0.3, -0.25) is 4.98 Å². The Bertz CT molecular complexity index is 409. The molecule has 1 fully saturated rings. The molecule has 2 heterocycles. The quantitative estimate of drug-likeness (QED) is 0.889. The lowest BCUT2D eigenvalue weighted by Gasteiger charge is -2.30. The van der Waals surface area contributed by atoms with Crippen LogP contribution in [0.5, 0.6) is 0 Å². The van der Waals surface area contributed by atoms with E-state index in [2.05, 4.69) is 30.7 Å². The average Bonchev–Trinajstić information content (AvgIpc) is 2.64. The maximum Gasteiger partial charge on any atom is 0.0598 e. The van der Waals surface area contributed by atoms with Gasteiger partial charge in [0.2, 0.25) is 0 Å². The zero-order valence-electron chi connectivity index (χ0n) is 12.5. The highest BCUT2D eigenvalue weighted by molar-refractivity contribution is 5.51. The topological polar surface area (TPSA) is 42.2 Å². The minimum atomic E-state index is 0.418. The Balaban J connectivity index is 2.11. The lowest BCUT2D eigenvalue weighted by Crippen LogP contribution is -2.27. The molecule has 0 aromatic carbocycles. The highest BCUT2D eigenvalue weighted by Gasteiger charge is 2.27. The van der Waals surface area contributed by atoms with Crippen molar-refractivity contribution < 1.29 is 0 Å². The summed E-state index contributed by atoms with van der Waals surface area (Å²) < 4.78 is 0. The molecular weight excluding hydrogens is 234 g/mol. The minimum absolute atomic E-state index is 0.418. The van der Waals surface area contributed by atoms with E-state index >= 15 is 0 Å². The van der Waals surface area contributed by atoms with E-state index in [-0.39, 0.29) is 0 Å². The van der Waals surface area contributed by atoms with Crippen molar-refractivity contribution in [2.75, 3.05) is 18.0 Å². The summed E-state index contributed by atoms with van der Waals surface area (Å²) in [6.45, 7) is 9.94. The molecule has 2 rings (SSSR count). The highest BCUT2D eigenvalue weighted by Crippen LogP contribution is 2.35. The summed E-state index contributed by atoms with van der Waals surface area (Å²) in [5.74, 6) is 0.815. The van der Waals surface area contributed by atoms with Crippen LogP contribution in [0, 0.1) is 11.3 Å². The highest BCUT2D eigenvalue weighted by atomic mass is 15.1. The first-order chi connectivity index (χ1) is 9.02. The van der Waals surface area contributed by atoms with E-state index in [1.54, 1.807) is 0 Å². The fourth-order valence-corrected chi connectivity index (χ4v) is 3.08. The van der Waals surface area contributed by atoms with Gasteiger partial charge in [-0.15, -0.1) is 0 Å². The van der Waals surface area contributed by atoms with Gasteiger partial charge in [-0.05, 0) is 42.2 Å². The molecule has 106 valence electrons. The van der Waals surface area contributed by atoms with Gasteiger partial charge in [-0.2, -0.15) is 0 Å². The summed E-state index contributed by atoms with van der Waals surface area (Å²) in [5.41, 5.74) is 8.70. The smallest absolute Gasteiger partial charge is 0.0598 e. The van der Waals surface area contributed by atoms with Gasteiger partial charge in [0.1, 0.15) is 0 Å². The monoisotopic (exact) mass is 261 g/mol. The number of anilines is 1. The van der Waals surface area contributed by atoms with Crippen LogP contribution >= 0.6 is 0 Å². The molecule has 0 aliphatic carbocycles. The molecule has 0 saturated carbocycles. The molecule has 0 amide bonds. The van der Waals surface area contributed by atoms with Gasteiger partial charge in [0, 0.05) is 25.8 Å². The summed E-state index contributed by atoms with van der Waals surface area (Å²) in [7, 11) is 0. The third kappa shape index (κ3) is 3.47. The van der Waals surface area contributed by atoms with Crippen LogP contribution in [-0.4, -0.2) is 18.1 Å². The number of pyridine rings is 1. The molecule has 1 aliphatic rings. The lowest BCUT2D eigenvalue weighted by molar-refractivity contribution is 0.220. The molecule has 3 heteroatoms. The Morgan fingerprint density at radius 3 is 2.79 bits per heavy atom. The molecule has 0 bridgehead atoms. The van der Waals surface area contributed by atoms with Crippen LogP contribution in [0.2, 0.25) is 0 Å². The summed E-state index contributed by atoms with van der Waals surface area (Å²) >= 11 is 0. The first kappa shape index (κ1) is 14.3. The Morgan fingerprint density at radius 2 is 2.11 bits per heavy atom. The van der Waals surface area contributed by atoms with Gasteiger partial charge < -0.3 is 10.6 Å². The van der Waals surface area contributed by atoms with Crippen LogP contribution in [0.3, 0.4) is 0 Å². The number of aromatic nitrogens is 1. The normalized spacial score (nSPS) is 21.3. The first-order valence-electron chi connectivity index (χ1n) is 7.40. The predicted molar refractivity (Wildman–Crippen MR) is 81.1 cm³/mol. The van der Waals surface area contributed by atoms with Crippen LogP contribution in [-0.2, 0) is 6.54 Å². The summed E-state index contributed by atoms with van der Waals surface area (Å²) in [6, 6.07) is 2.04. The van der Waals surface area contributed by atoms with Gasteiger partial charge in [0.15, 0.2) is 0 Å². The second-order valence-corrected chi connectivity index (χ2v) is 6.69. The van der Waals surface area contributed by atoms with Crippen molar-refractivity contribution in [3.63, 3.8) is 0 Å². The molecule has 19 heavy (non-hydrogen) atoms. The first-order valence-corrected chi connectivity index (χ1v) is 7.40. The third-order valence-corrected chi connectivity index (χ3v) is 4.40. The number of rotatable bonds is 2. The van der Waals surface area contributed by atoms with Crippen molar-refractivity contribution >= 4 is 5.69 Å². The van der Waals surface area contributed by atoms with E-state index in [9.17, 15) is 0 Å². The van der Waals surface area contributed by atoms with Crippen molar-refractivity contribution in [3.05, 3.63) is 24.0 Å². The Morgan fingerprint density at radius 1 is 1.32 bits per heavy atom. The zero-order valence-corrected chi connectivity index (χ0v) is 12.5. The lowest BCUT2D eigenvalue weighted by atomic mass is 9.77. The molecular formula is C16H27N3. The molecule has 1 atom stereocenters. The summed E-state index contributed by atoms with van der Waals surface area (Å²) in [4.78, 5) is 6.74. The van der Waals surface area contributed by atoms with Crippen molar-refractivity contribution in [1.82, 2.24) is 4.98 Å². The second kappa shape index (κ2) is 5.91. The van der Waals surface area contributed by atoms with Crippen LogP contribution in [0.1, 0.15) is 45.6 Å². The second-order valence-electron chi connectivity index (χ2n) is 6.69. The van der Waals surface area contributed by atoms with E-state index in [4.69, 9.17) is 5.73 Å². The van der Waals surface area contributed by atoms with Crippen LogP contribution in [0.15, 0.2) is 18.5 Å². The van der Waals surface area contributed by atoms with Crippen LogP contribution in [0.25, 0.3) is 0 Å². The molecule has 1 aromatic heterocycles. The van der Waals surface area contributed by atoms with Crippen molar-refractivity contribution in [1.29, 1.82) is 0 Å². The Hall–Kier alpha value is -1.09. The number of nitrogens with zero attached hydrogens (tertiary/aromatic N) is 2. The van der Waals surface area contributed by atoms with Gasteiger partial charge >= 0.3 is 0 Å². The molecule has 2 N–H and O–H groups in total. The molecule has 1 saturated heterocycles. The third-order valence-electron chi connectivity index (χ3n) is 4.40. The minimum Gasteiger partial charge on any atom is -0.370 e. The molecule has 3 nitrogen and oxygen atoms in total. The van der Waals surface area contributed by atoms with Gasteiger partial charge in [0.05, 0.1) is 11.9 Å². The van der Waals surface area contributed by atoms with E-state index < -0.39 is 0 Å². The largest absolute Gasteiger partial charge is 0.370 e. The van der Waals surface area contributed by atoms with Gasteiger partial charge in [-0.1, -0.05) is 20.8 Å². The van der Waals surface area contributed by atoms with Crippen molar-refractivity contribution in [3.8, 4) is 0 Å². The molecule has 1 unspecified atom stereocenters. The van der Waals surface area contributed by atoms with E-state index in [0.29, 0.717) is 12.0 Å². The van der Waals surface area contributed by atoms with E-state index in [1.807, 2.05) is 18.5 Å². The predicted octanol–water partition coefficient (Wildman–Crippen LogP) is 3.19. The van der Waals surface area contributed by atoms with Gasteiger partial charge in [0.25, 0.3) is 0 Å². The SMILES string of the molecule is CC(C)(C)C1CCCN(c2cnccc2CN)CC1. The fraction of sp³-hybridized carbons (Fsp3) is 0.688. The van der Waals surface area contributed by atoms with Crippen LogP contribution in [0.4, 0.5) is 5.69 Å². The van der Waals surface area contributed by atoms with Crippen LogP contribution < -0.4 is 10.6 Å². The zero-order chi connectivity index (χ0) is 13.9. The molecule has 1 aromatic rings. The van der Waals surface area contributed by atoms with Crippen molar-refractivity contribution in [2.24, 2.45) is 17.1 Å². The maximum absolute atomic E-state index is 5.84. The summed E-state index contributed by atoms with van der Waals surface area (Å²) in [5, 5.41) is 0. The van der Waals surface area contributed by atoms with E-state index in [0.717, 1.165) is 19.0 Å². The maximum atomic E-state index is 5.84. The molecule has 0 radical (unpaired) electrons.